The minimum Gasteiger partial charge on any atom is -0.387 e. The first-order valence-electron chi connectivity index (χ1n) is 6.97. The predicted molar refractivity (Wildman–Crippen MR) is 83.3 cm³/mol. The van der Waals surface area contributed by atoms with Gasteiger partial charge in [-0.15, -0.1) is 5.10 Å². The van der Waals surface area contributed by atoms with Crippen molar-refractivity contribution in [3.05, 3.63) is 45.0 Å². The van der Waals surface area contributed by atoms with Gasteiger partial charge in [-0.25, -0.2) is 0 Å². The number of nitrogens with zero attached hydrogens (tertiary/aromatic N) is 2. The van der Waals surface area contributed by atoms with E-state index in [1.54, 1.807) is 0 Å². The van der Waals surface area contributed by atoms with Crippen LogP contribution in [0.4, 0.5) is 0 Å². The van der Waals surface area contributed by atoms with Crippen molar-refractivity contribution in [1.82, 2.24) is 9.59 Å². The van der Waals surface area contributed by atoms with Crippen molar-refractivity contribution < 1.29 is 5.11 Å². The van der Waals surface area contributed by atoms with E-state index in [0.717, 1.165) is 10.6 Å². The predicted octanol–water partition coefficient (Wildman–Crippen LogP) is 3.86. The number of hydrogen-bond donors (Lipinski definition) is 1. The Balaban J connectivity index is 2.28. The maximum atomic E-state index is 10.5. The van der Waals surface area contributed by atoms with Crippen LogP contribution in [0.3, 0.4) is 0 Å². The number of rotatable bonds is 4. The quantitative estimate of drug-likeness (QED) is 0.930. The van der Waals surface area contributed by atoms with E-state index < -0.39 is 6.10 Å². The third-order valence-electron chi connectivity index (χ3n) is 3.63. The number of benzene rings is 1. The Morgan fingerprint density at radius 1 is 1.15 bits per heavy atom. The lowest BCUT2D eigenvalue weighted by atomic mass is 9.94. The summed E-state index contributed by atoms with van der Waals surface area (Å²) in [6.45, 7) is 10.5. The van der Waals surface area contributed by atoms with Crippen LogP contribution in [0.15, 0.2) is 12.1 Å². The first kappa shape index (κ1) is 15.1. The van der Waals surface area contributed by atoms with Crippen LogP contribution in [0.5, 0.6) is 0 Å². The second-order valence-corrected chi connectivity index (χ2v) is 6.56. The molecule has 0 fully saturated rings. The summed E-state index contributed by atoms with van der Waals surface area (Å²) in [4.78, 5) is 0.902. The molecule has 2 rings (SSSR count). The number of aromatic nitrogens is 2. The normalized spacial score (nSPS) is 12.9. The molecule has 0 radical (unpaired) electrons. The van der Waals surface area contributed by atoms with Crippen molar-refractivity contribution in [2.45, 2.75) is 53.1 Å². The van der Waals surface area contributed by atoms with Gasteiger partial charge in [-0.1, -0.05) is 36.0 Å². The number of aryl methyl sites for hydroxylation is 3. The number of hydrogen-bond acceptors (Lipinski definition) is 4. The maximum Gasteiger partial charge on any atom is 0.0957 e. The molecule has 2 aromatic rings. The SMILES string of the molecule is Cc1cc(C)c(CC(O)c2snnc2C(C)C)c(C)c1. The molecule has 0 bridgehead atoms. The molecule has 1 unspecified atom stereocenters. The van der Waals surface area contributed by atoms with Gasteiger partial charge in [-0.3, -0.25) is 0 Å². The van der Waals surface area contributed by atoms with Gasteiger partial charge in [0, 0.05) is 6.42 Å². The van der Waals surface area contributed by atoms with Crippen LogP contribution in [0, 0.1) is 20.8 Å². The van der Waals surface area contributed by atoms with E-state index in [1.807, 2.05) is 0 Å². The van der Waals surface area contributed by atoms with Crippen LogP contribution in [0.25, 0.3) is 0 Å². The van der Waals surface area contributed by atoms with Gasteiger partial charge >= 0.3 is 0 Å². The molecular formula is C16H22N2OS. The molecule has 1 aromatic heterocycles. The Hall–Kier alpha value is -1.26. The van der Waals surface area contributed by atoms with Gasteiger partial charge in [0.2, 0.25) is 0 Å². The second-order valence-electron chi connectivity index (χ2n) is 5.77. The Labute approximate surface area is 124 Å². The average Bonchev–Trinajstić information content (AvgIpc) is 2.82. The fourth-order valence-corrected chi connectivity index (χ4v) is 3.45. The highest BCUT2D eigenvalue weighted by molar-refractivity contribution is 7.05. The summed E-state index contributed by atoms with van der Waals surface area (Å²) in [5, 5.41) is 14.7. The van der Waals surface area contributed by atoms with E-state index in [1.165, 1.54) is 33.8 Å². The van der Waals surface area contributed by atoms with Gasteiger partial charge in [0.1, 0.15) is 0 Å². The zero-order valence-corrected chi connectivity index (χ0v) is 13.6. The van der Waals surface area contributed by atoms with E-state index >= 15 is 0 Å². The molecule has 1 heterocycles. The highest BCUT2D eigenvalue weighted by Crippen LogP contribution is 2.30. The average molecular weight is 290 g/mol. The standard InChI is InChI=1S/C16H22N2OS/c1-9(2)15-16(20-18-17-15)14(19)8-13-11(4)6-10(3)7-12(13)5/h6-7,9,14,19H,8H2,1-5H3. The summed E-state index contributed by atoms with van der Waals surface area (Å²) in [6.07, 6.45) is 0.106. The van der Waals surface area contributed by atoms with Crippen LogP contribution in [0.2, 0.25) is 0 Å². The third-order valence-corrected chi connectivity index (χ3v) is 4.47. The highest BCUT2D eigenvalue weighted by Gasteiger charge is 2.20. The molecule has 108 valence electrons. The molecule has 3 nitrogen and oxygen atoms in total. The number of aliphatic hydroxyl groups excluding tert-OH is 1. The summed E-state index contributed by atoms with van der Waals surface area (Å²) in [5.41, 5.74) is 5.90. The van der Waals surface area contributed by atoms with Gasteiger partial charge in [-0.05, 0) is 54.9 Å². The lowest BCUT2D eigenvalue weighted by Gasteiger charge is -2.16. The fraction of sp³-hybridized carbons (Fsp3) is 0.500. The Kier molecular flexibility index (Phi) is 4.55. The van der Waals surface area contributed by atoms with E-state index in [-0.39, 0.29) is 0 Å². The molecule has 4 heteroatoms. The van der Waals surface area contributed by atoms with Gasteiger partial charge in [0.05, 0.1) is 16.7 Å². The second kappa shape index (κ2) is 6.02. The van der Waals surface area contributed by atoms with Crippen LogP contribution < -0.4 is 0 Å². The molecule has 0 saturated carbocycles. The topological polar surface area (TPSA) is 46.0 Å². The fourth-order valence-electron chi connectivity index (χ4n) is 2.65. The molecule has 1 N–H and O–H groups in total. The van der Waals surface area contributed by atoms with Crippen LogP contribution >= 0.6 is 11.5 Å². The van der Waals surface area contributed by atoms with Gasteiger partial charge < -0.3 is 5.11 Å². The van der Waals surface area contributed by atoms with Gasteiger partial charge in [-0.2, -0.15) is 0 Å². The molecule has 0 aliphatic rings. The van der Waals surface area contributed by atoms with E-state index in [4.69, 9.17) is 0 Å². The zero-order valence-electron chi connectivity index (χ0n) is 12.8. The molecule has 0 spiro atoms. The van der Waals surface area contributed by atoms with E-state index in [9.17, 15) is 5.11 Å². The third kappa shape index (κ3) is 3.07. The smallest absolute Gasteiger partial charge is 0.0957 e. The van der Waals surface area contributed by atoms with Gasteiger partial charge in [0.15, 0.2) is 0 Å². The van der Waals surface area contributed by atoms with Crippen LogP contribution in [-0.4, -0.2) is 14.7 Å². The summed E-state index contributed by atoms with van der Waals surface area (Å²) >= 11 is 1.31. The lowest BCUT2D eigenvalue weighted by Crippen LogP contribution is -2.07. The van der Waals surface area contributed by atoms with E-state index in [2.05, 4.69) is 56.3 Å². The Bertz CT molecular complexity index is 581. The molecule has 1 aromatic carbocycles. The lowest BCUT2D eigenvalue weighted by molar-refractivity contribution is 0.180. The van der Waals surface area contributed by atoms with Crippen molar-refractivity contribution in [3.8, 4) is 0 Å². The zero-order chi connectivity index (χ0) is 14.9. The molecular weight excluding hydrogens is 268 g/mol. The molecule has 0 aliphatic heterocycles. The molecule has 0 saturated heterocycles. The first-order chi connectivity index (χ1) is 9.40. The summed E-state index contributed by atoms with van der Waals surface area (Å²) in [6, 6.07) is 4.34. The van der Waals surface area contributed by atoms with Crippen LogP contribution in [0.1, 0.15) is 58.7 Å². The van der Waals surface area contributed by atoms with E-state index in [0.29, 0.717) is 12.3 Å². The van der Waals surface area contributed by atoms with Crippen molar-refractivity contribution in [2.75, 3.05) is 0 Å². The molecule has 20 heavy (non-hydrogen) atoms. The van der Waals surface area contributed by atoms with Crippen molar-refractivity contribution in [3.63, 3.8) is 0 Å². The monoisotopic (exact) mass is 290 g/mol. The van der Waals surface area contributed by atoms with Crippen molar-refractivity contribution >= 4 is 11.5 Å². The van der Waals surface area contributed by atoms with Crippen LogP contribution in [-0.2, 0) is 6.42 Å². The summed E-state index contributed by atoms with van der Waals surface area (Å²) in [7, 11) is 0. The highest BCUT2D eigenvalue weighted by atomic mass is 32.1. The summed E-state index contributed by atoms with van der Waals surface area (Å²) < 4.78 is 4.00. The minimum atomic E-state index is -0.521. The van der Waals surface area contributed by atoms with Crippen molar-refractivity contribution in [1.29, 1.82) is 0 Å². The first-order valence-corrected chi connectivity index (χ1v) is 7.74. The Morgan fingerprint density at radius 2 is 1.75 bits per heavy atom. The molecule has 0 aliphatic carbocycles. The van der Waals surface area contributed by atoms with Crippen molar-refractivity contribution in [2.24, 2.45) is 0 Å². The molecule has 1 atom stereocenters. The molecule has 0 amide bonds. The maximum absolute atomic E-state index is 10.5. The number of aliphatic hydroxyl groups is 1. The largest absolute Gasteiger partial charge is 0.387 e. The minimum absolute atomic E-state index is 0.290. The summed E-state index contributed by atoms with van der Waals surface area (Å²) in [5.74, 6) is 0.290. The Morgan fingerprint density at radius 3 is 2.30 bits per heavy atom. The van der Waals surface area contributed by atoms with Gasteiger partial charge in [0.25, 0.3) is 0 Å².